The summed E-state index contributed by atoms with van der Waals surface area (Å²) in [6, 6.07) is 5.17. The van der Waals surface area contributed by atoms with Crippen LogP contribution in [0.5, 0.6) is 5.75 Å². The number of nitrogens with zero attached hydrogens (tertiary/aromatic N) is 3. The molecule has 0 radical (unpaired) electrons. The molecule has 0 bridgehead atoms. The SMILES string of the molecule is CC(C)(C)OC(=O)N1CCCC(N2CCC(Oc3cccc4c3CN(C3CCC(=O)NC3=O)C4=O)CC2)C1. The van der Waals surface area contributed by atoms with Crippen LogP contribution in [0.1, 0.15) is 75.2 Å². The van der Waals surface area contributed by atoms with Crippen molar-refractivity contribution in [3.63, 3.8) is 0 Å². The number of rotatable bonds is 4. The van der Waals surface area contributed by atoms with E-state index in [9.17, 15) is 19.2 Å². The number of imide groups is 1. The highest BCUT2D eigenvalue weighted by Crippen LogP contribution is 2.35. The first kappa shape index (κ1) is 26.5. The molecule has 0 aromatic heterocycles. The lowest BCUT2D eigenvalue weighted by Crippen LogP contribution is -2.53. The molecule has 2 unspecified atom stereocenters. The third-order valence-electron chi connectivity index (χ3n) is 7.87. The quantitative estimate of drug-likeness (QED) is 0.601. The van der Waals surface area contributed by atoms with Crippen LogP contribution >= 0.6 is 0 Å². The molecule has 1 N–H and O–H groups in total. The van der Waals surface area contributed by atoms with Gasteiger partial charge in [-0.2, -0.15) is 0 Å². The highest BCUT2D eigenvalue weighted by Gasteiger charge is 2.40. The third-order valence-corrected chi connectivity index (χ3v) is 7.87. The monoisotopic (exact) mass is 526 g/mol. The number of benzene rings is 1. The minimum absolute atomic E-state index is 0.0306. The van der Waals surface area contributed by atoms with Crippen molar-refractivity contribution in [3.8, 4) is 5.75 Å². The van der Waals surface area contributed by atoms with Gasteiger partial charge < -0.3 is 19.3 Å². The largest absolute Gasteiger partial charge is 0.490 e. The summed E-state index contributed by atoms with van der Waals surface area (Å²) in [5, 5.41) is 2.35. The van der Waals surface area contributed by atoms with E-state index in [0.29, 0.717) is 36.9 Å². The number of carbonyl (C=O) groups is 4. The number of fused-ring (bicyclic) bond motifs is 1. The van der Waals surface area contributed by atoms with E-state index >= 15 is 0 Å². The standard InChI is InChI=1S/C28H38N4O6/c1-28(2,3)38-27(36)31-13-5-6-18(16-31)30-14-11-19(12-15-30)37-23-8-4-7-20-21(23)17-32(26(20)35)22-9-10-24(33)29-25(22)34/h4,7-8,18-19,22H,5-6,9-17H2,1-3H3,(H,29,33,34). The van der Waals surface area contributed by atoms with Gasteiger partial charge in [-0.05, 0) is 65.0 Å². The lowest BCUT2D eigenvalue weighted by Gasteiger charge is -2.42. The summed E-state index contributed by atoms with van der Waals surface area (Å²) >= 11 is 0. The van der Waals surface area contributed by atoms with E-state index < -0.39 is 17.6 Å². The van der Waals surface area contributed by atoms with Crippen LogP contribution in [0, 0.1) is 0 Å². The Hall–Kier alpha value is -3.14. The Labute approximate surface area is 223 Å². The smallest absolute Gasteiger partial charge is 0.410 e. The van der Waals surface area contributed by atoms with Crippen LogP contribution in [0.3, 0.4) is 0 Å². The zero-order chi connectivity index (χ0) is 27.0. The summed E-state index contributed by atoms with van der Waals surface area (Å²) in [5.74, 6) is -0.207. The van der Waals surface area contributed by atoms with Crippen molar-refractivity contribution in [3.05, 3.63) is 29.3 Å². The van der Waals surface area contributed by atoms with Crippen LogP contribution in [0.25, 0.3) is 0 Å². The maximum atomic E-state index is 13.1. The first-order valence-corrected chi connectivity index (χ1v) is 13.7. The fourth-order valence-corrected chi connectivity index (χ4v) is 5.95. The number of likely N-dealkylation sites (tertiary alicyclic amines) is 2. The molecular formula is C28H38N4O6. The van der Waals surface area contributed by atoms with E-state index in [0.717, 1.165) is 50.9 Å². The fraction of sp³-hybridized carbons (Fsp3) is 0.643. The lowest BCUT2D eigenvalue weighted by molar-refractivity contribution is -0.136. The van der Waals surface area contributed by atoms with Gasteiger partial charge in [0.15, 0.2) is 0 Å². The number of nitrogens with one attached hydrogen (secondary N) is 1. The van der Waals surface area contributed by atoms with Crippen LogP contribution in [0.15, 0.2) is 18.2 Å². The minimum Gasteiger partial charge on any atom is -0.490 e. The van der Waals surface area contributed by atoms with Crippen molar-refractivity contribution >= 4 is 23.8 Å². The molecular weight excluding hydrogens is 488 g/mol. The number of piperidine rings is 3. The molecule has 2 atom stereocenters. The first-order valence-electron chi connectivity index (χ1n) is 13.7. The van der Waals surface area contributed by atoms with Crippen molar-refractivity contribution < 1.29 is 28.7 Å². The number of hydrogen-bond acceptors (Lipinski definition) is 7. The maximum Gasteiger partial charge on any atom is 0.410 e. The van der Waals surface area contributed by atoms with E-state index in [2.05, 4.69) is 10.2 Å². The summed E-state index contributed by atoms with van der Waals surface area (Å²) < 4.78 is 12.0. The minimum atomic E-state index is -0.639. The Bertz CT molecular complexity index is 1110. The van der Waals surface area contributed by atoms with Crippen LogP contribution in [-0.4, -0.2) is 88.5 Å². The molecule has 4 aliphatic heterocycles. The van der Waals surface area contributed by atoms with Crippen LogP contribution in [0.2, 0.25) is 0 Å². The predicted octanol–water partition coefficient (Wildman–Crippen LogP) is 2.69. The molecule has 0 spiro atoms. The average Bonchev–Trinajstić information content (AvgIpc) is 3.21. The van der Waals surface area contributed by atoms with Gasteiger partial charge in [-0.25, -0.2) is 4.79 Å². The zero-order valence-electron chi connectivity index (χ0n) is 22.5. The number of ether oxygens (including phenoxy) is 2. The van der Waals surface area contributed by atoms with Gasteiger partial charge in [0.2, 0.25) is 11.8 Å². The molecule has 3 saturated heterocycles. The Morgan fingerprint density at radius 3 is 2.50 bits per heavy atom. The summed E-state index contributed by atoms with van der Waals surface area (Å²) in [6.07, 6.45) is 4.11. The van der Waals surface area contributed by atoms with Gasteiger partial charge in [0.1, 0.15) is 23.5 Å². The maximum absolute atomic E-state index is 13.1. The summed E-state index contributed by atoms with van der Waals surface area (Å²) in [5.41, 5.74) is 0.875. The van der Waals surface area contributed by atoms with Crippen molar-refractivity contribution in [1.29, 1.82) is 0 Å². The molecule has 4 heterocycles. The van der Waals surface area contributed by atoms with Crippen molar-refractivity contribution in [2.45, 2.75) is 89.6 Å². The fourth-order valence-electron chi connectivity index (χ4n) is 5.95. The van der Waals surface area contributed by atoms with Crippen LogP contribution in [0.4, 0.5) is 4.79 Å². The van der Waals surface area contributed by atoms with E-state index in [-0.39, 0.29) is 30.4 Å². The van der Waals surface area contributed by atoms with Crippen molar-refractivity contribution in [2.75, 3.05) is 26.2 Å². The normalized spacial score (nSPS) is 25.3. The van der Waals surface area contributed by atoms with Gasteiger partial charge in [-0.3, -0.25) is 24.6 Å². The second-order valence-corrected chi connectivity index (χ2v) is 11.8. The molecule has 0 aliphatic carbocycles. The van der Waals surface area contributed by atoms with Gasteiger partial charge in [0, 0.05) is 49.8 Å². The molecule has 4 aliphatic rings. The van der Waals surface area contributed by atoms with Gasteiger partial charge in [-0.15, -0.1) is 0 Å². The summed E-state index contributed by atoms with van der Waals surface area (Å²) in [6.45, 7) is 9.16. The van der Waals surface area contributed by atoms with Crippen LogP contribution in [-0.2, 0) is 20.9 Å². The molecule has 10 nitrogen and oxygen atoms in total. The number of hydrogen-bond donors (Lipinski definition) is 1. The Morgan fingerprint density at radius 2 is 1.79 bits per heavy atom. The molecule has 206 valence electrons. The summed E-state index contributed by atoms with van der Waals surface area (Å²) in [4.78, 5) is 55.4. The lowest BCUT2D eigenvalue weighted by atomic mass is 9.99. The predicted molar refractivity (Wildman–Crippen MR) is 139 cm³/mol. The molecule has 0 saturated carbocycles. The Balaban J connectivity index is 1.17. The second kappa shape index (κ2) is 10.6. The van der Waals surface area contributed by atoms with E-state index in [1.54, 1.807) is 11.0 Å². The molecule has 1 aromatic rings. The second-order valence-electron chi connectivity index (χ2n) is 11.8. The van der Waals surface area contributed by atoms with Crippen LogP contribution < -0.4 is 10.1 Å². The van der Waals surface area contributed by atoms with Gasteiger partial charge >= 0.3 is 6.09 Å². The molecule has 1 aromatic carbocycles. The van der Waals surface area contributed by atoms with Gasteiger partial charge in [0.25, 0.3) is 5.91 Å². The molecule has 10 heteroatoms. The van der Waals surface area contributed by atoms with Gasteiger partial charge in [-0.1, -0.05) is 6.07 Å². The third kappa shape index (κ3) is 5.65. The van der Waals surface area contributed by atoms with E-state index in [1.807, 2.05) is 37.8 Å². The highest BCUT2D eigenvalue weighted by atomic mass is 16.6. The van der Waals surface area contributed by atoms with Gasteiger partial charge in [0.05, 0.1) is 6.54 Å². The Morgan fingerprint density at radius 1 is 1.03 bits per heavy atom. The average molecular weight is 527 g/mol. The topological polar surface area (TPSA) is 108 Å². The number of amides is 4. The molecule has 3 fully saturated rings. The number of carbonyl (C=O) groups excluding carboxylic acids is 4. The zero-order valence-corrected chi connectivity index (χ0v) is 22.5. The van der Waals surface area contributed by atoms with E-state index in [4.69, 9.17) is 9.47 Å². The summed E-state index contributed by atoms with van der Waals surface area (Å²) in [7, 11) is 0. The molecule has 4 amide bonds. The molecule has 5 rings (SSSR count). The van der Waals surface area contributed by atoms with Crippen molar-refractivity contribution in [2.24, 2.45) is 0 Å². The Kier molecular flexibility index (Phi) is 7.35. The first-order chi connectivity index (χ1) is 18.1. The van der Waals surface area contributed by atoms with E-state index in [1.165, 1.54) is 0 Å². The van der Waals surface area contributed by atoms with Crippen molar-refractivity contribution in [1.82, 2.24) is 20.0 Å². The molecule has 38 heavy (non-hydrogen) atoms. The highest BCUT2D eigenvalue weighted by molar-refractivity contribution is 6.05.